The van der Waals surface area contributed by atoms with E-state index in [1.54, 1.807) is 14.2 Å². The van der Waals surface area contributed by atoms with Crippen molar-refractivity contribution in [3.05, 3.63) is 40.2 Å². The highest BCUT2D eigenvalue weighted by atomic mass is 35.5. The van der Waals surface area contributed by atoms with Crippen LogP contribution >= 0.6 is 11.6 Å². The second-order valence-corrected chi connectivity index (χ2v) is 6.56. The normalized spacial score (nSPS) is 18.6. The topological polar surface area (TPSA) is 47.7 Å². The highest BCUT2D eigenvalue weighted by molar-refractivity contribution is 6.32. The first-order chi connectivity index (χ1) is 11.6. The van der Waals surface area contributed by atoms with E-state index in [1.807, 2.05) is 25.1 Å². The fraction of sp³-hybridized carbons (Fsp3) is 0.500. The maximum absolute atomic E-state index is 6.34. The lowest BCUT2D eigenvalue weighted by Gasteiger charge is -2.34. The molecule has 3 rings (SSSR count). The summed E-state index contributed by atoms with van der Waals surface area (Å²) in [7, 11) is 3.22. The summed E-state index contributed by atoms with van der Waals surface area (Å²) >= 11 is 6.34. The minimum absolute atomic E-state index is 0.281. The summed E-state index contributed by atoms with van der Waals surface area (Å²) in [5.41, 5.74) is 2.11. The van der Waals surface area contributed by atoms with Crippen LogP contribution in [-0.2, 0) is 6.54 Å². The van der Waals surface area contributed by atoms with Gasteiger partial charge in [0.05, 0.1) is 25.3 Å². The lowest BCUT2D eigenvalue weighted by molar-refractivity contribution is 0.133. The van der Waals surface area contributed by atoms with E-state index < -0.39 is 0 Å². The van der Waals surface area contributed by atoms with E-state index >= 15 is 0 Å². The molecular weight excluding hydrogens is 328 g/mol. The molecule has 0 saturated carbocycles. The van der Waals surface area contributed by atoms with E-state index in [0.717, 1.165) is 36.5 Å². The van der Waals surface area contributed by atoms with Gasteiger partial charge >= 0.3 is 0 Å². The third-order valence-corrected chi connectivity index (χ3v) is 4.76. The zero-order valence-corrected chi connectivity index (χ0v) is 15.1. The van der Waals surface area contributed by atoms with Crippen molar-refractivity contribution in [2.24, 2.45) is 0 Å². The molecule has 5 nitrogen and oxygen atoms in total. The van der Waals surface area contributed by atoms with E-state index in [4.69, 9.17) is 25.6 Å². The van der Waals surface area contributed by atoms with Crippen molar-refractivity contribution >= 4 is 11.6 Å². The molecule has 1 aliphatic heterocycles. The molecule has 0 unspecified atom stereocenters. The van der Waals surface area contributed by atoms with Crippen molar-refractivity contribution < 1.29 is 14.0 Å². The molecule has 24 heavy (non-hydrogen) atoms. The van der Waals surface area contributed by atoms with Crippen molar-refractivity contribution in [1.29, 1.82) is 0 Å². The molecule has 2 aromatic rings. The maximum atomic E-state index is 6.34. The number of ether oxygens (including phenoxy) is 2. The van der Waals surface area contributed by atoms with Crippen LogP contribution in [0.4, 0.5) is 0 Å². The van der Waals surface area contributed by atoms with E-state index in [0.29, 0.717) is 16.5 Å². The molecule has 1 fully saturated rings. The van der Waals surface area contributed by atoms with Crippen LogP contribution in [-0.4, -0.2) is 30.8 Å². The Morgan fingerprint density at radius 3 is 2.75 bits per heavy atom. The predicted molar refractivity (Wildman–Crippen MR) is 92.8 cm³/mol. The van der Waals surface area contributed by atoms with Gasteiger partial charge in [0.2, 0.25) is 0 Å². The number of hydrogen-bond donors (Lipinski definition) is 0. The number of benzene rings is 1. The number of aromatic nitrogens is 1. The van der Waals surface area contributed by atoms with Crippen LogP contribution in [0.1, 0.15) is 42.3 Å². The Morgan fingerprint density at radius 2 is 2.08 bits per heavy atom. The van der Waals surface area contributed by atoms with Gasteiger partial charge in [0, 0.05) is 12.6 Å². The molecule has 1 aliphatic rings. The van der Waals surface area contributed by atoms with Crippen molar-refractivity contribution in [2.75, 3.05) is 20.8 Å². The quantitative estimate of drug-likeness (QED) is 0.800. The third-order valence-electron chi connectivity index (χ3n) is 4.48. The second kappa shape index (κ2) is 7.45. The van der Waals surface area contributed by atoms with Gasteiger partial charge < -0.3 is 14.0 Å². The molecule has 0 bridgehead atoms. The zero-order valence-electron chi connectivity index (χ0n) is 14.3. The van der Waals surface area contributed by atoms with Gasteiger partial charge in [0.15, 0.2) is 11.5 Å². The van der Waals surface area contributed by atoms with Crippen LogP contribution in [0.15, 0.2) is 22.7 Å². The van der Waals surface area contributed by atoms with Crippen LogP contribution in [0, 0.1) is 6.92 Å². The molecule has 0 spiro atoms. The number of likely N-dealkylation sites (tertiary alicyclic amines) is 1. The van der Waals surface area contributed by atoms with Gasteiger partial charge in [-0.25, -0.2) is 0 Å². The SMILES string of the molecule is COc1cc(CN2CCCC[C@@H]2c2cc(C)on2)cc(Cl)c1OC. The van der Waals surface area contributed by atoms with Crippen LogP contribution in [0.2, 0.25) is 5.02 Å². The minimum Gasteiger partial charge on any atom is -0.493 e. The van der Waals surface area contributed by atoms with E-state index in [-0.39, 0.29) is 6.04 Å². The number of nitrogens with zero attached hydrogens (tertiary/aromatic N) is 2. The van der Waals surface area contributed by atoms with Gasteiger partial charge in [-0.05, 0) is 44.0 Å². The molecule has 1 aromatic carbocycles. The maximum Gasteiger partial charge on any atom is 0.179 e. The molecule has 1 aromatic heterocycles. The Bertz CT molecular complexity index is 702. The molecule has 0 radical (unpaired) electrons. The minimum atomic E-state index is 0.281. The van der Waals surface area contributed by atoms with Crippen LogP contribution in [0.3, 0.4) is 0 Å². The molecule has 2 heterocycles. The van der Waals surface area contributed by atoms with Crippen LogP contribution < -0.4 is 9.47 Å². The molecular formula is C18H23ClN2O3. The Labute approximate surface area is 147 Å². The van der Waals surface area contributed by atoms with Gasteiger partial charge in [-0.3, -0.25) is 4.90 Å². The third kappa shape index (κ3) is 3.52. The highest BCUT2D eigenvalue weighted by Gasteiger charge is 2.27. The molecule has 130 valence electrons. The number of piperidine rings is 1. The van der Waals surface area contributed by atoms with E-state index in [2.05, 4.69) is 10.1 Å². The van der Waals surface area contributed by atoms with Crippen LogP contribution in [0.5, 0.6) is 11.5 Å². The van der Waals surface area contributed by atoms with Gasteiger partial charge in [0.1, 0.15) is 11.5 Å². The Balaban J connectivity index is 1.84. The molecule has 0 amide bonds. The number of methoxy groups -OCH3 is 2. The van der Waals surface area contributed by atoms with Crippen LogP contribution in [0.25, 0.3) is 0 Å². The van der Waals surface area contributed by atoms with E-state index in [1.165, 1.54) is 12.8 Å². The Morgan fingerprint density at radius 1 is 1.25 bits per heavy atom. The average molecular weight is 351 g/mol. The van der Waals surface area contributed by atoms with Crippen molar-refractivity contribution in [1.82, 2.24) is 10.1 Å². The summed E-state index contributed by atoms with van der Waals surface area (Å²) in [6.07, 6.45) is 3.49. The zero-order chi connectivity index (χ0) is 17.1. The largest absolute Gasteiger partial charge is 0.493 e. The first-order valence-electron chi connectivity index (χ1n) is 8.20. The number of hydrogen-bond acceptors (Lipinski definition) is 5. The summed E-state index contributed by atoms with van der Waals surface area (Å²) in [5.74, 6) is 2.08. The molecule has 1 saturated heterocycles. The fourth-order valence-electron chi connectivity index (χ4n) is 3.36. The molecule has 6 heteroatoms. The first-order valence-corrected chi connectivity index (χ1v) is 8.58. The van der Waals surface area contributed by atoms with Crippen molar-refractivity contribution in [2.45, 2.75) is 38.8 Å². The summed E-state index contributed by atoms with van der Waals surface area (Å²) < 4.78 is 16.0. The number of rotatable bonds is 5. The summed E-state index contributed by atoms with van der Waals surface area (Å²) in [4.78, 5) is 2.43. The second-order valence-electron chi connectivity index (χ2n) is 6.16. The predicted octanol–water partition coefficient (Wildman–Crippen LogP) is 4.38. The van der Waals surface area contributed by atoms with Gasteiger partial charge in [0.25, 0.3) is 0 Å². The molecule has 1 atom stereocenters. The van der Waals surface area contributed by atoms with Gasteiger partial charge in [-0.15, -0.1) is 0 Å². The number of halogens is 1. The fourth-order valence-corrected chi connectivity index (χ4v) is 3.67. The van der Waals surface area contributed by atoms with E-state index in [9.17, 15) is 0 Å². The first kappa shape index (κ1) is 17.1. The summed E-state index contributed by atoms with van der Waals surface area (Å²) in [6.45, 7) is 3.75. The summed E-state index contributed by atoms with van der Waals surface area (Å²) in [5, 5.41) is 4.79. The van der Waals surface area contributed by atoms with Gasteiger partial charge in [-0.2, -0.15) is 0 Å². The standard InChI is InChI=1S/C18H23ClN2O3/c1-12-8-15(20-24-12)16-6-4-5-7-21(16)11-13-9-14(19)18(23-3)17(10-13)22-2/h8-10,16H,4-7,11H2,1-3H3/t16-/m1/s1. The van der Waals surface area contributed by atoms with Crippen molar-refractivity contribution in [3.8, 4) is 11.5 Å². The Hall–Kier alpha value is -1.72. The lowest BCUT2D eigenvalue weighted by Crippen LogP contribution is -2.33. The van der Waals surface area contributed by atoms with Crippen molar-refractivity contribution in [3.63, 3.8) is 0 Å². The average Bonchev–Trinajstić information content (AvgIpc) is 3.01. The van der Waals surface area contributed by atoms with Gasteiger partial charge in [-0.1, -0.05) is 23.2 Å². The molecule has 0 N–H and O–H groups in total. The monoisotopic (exact) mass is 350 g/mol. The highest BCUT2D eigenvalue weighted by Crippen LogP contribution is 2.38. The smallest absolute Gasteiger partial charge is 0.179 e. The number of aryl methyl sites for hydroxylation is 1. The summed E-state index contributed by atoms with van der Waals surface area (Å²) in [6, 6.07) is 6.25. The Kier molecular flexibility index (Phi) is 5.31. The molecule has 0 aliphatic carbocycles. The lowest BCUT2D eigenvalue weighted by atomic mass is 9.98.